The van der Waals surface area contributed by atoms with Crippen LogP contribution in [0, 0.1) is 0 Å². The lowest BCUT2D eigenvalue weighted by Gasteiger charge is -2.27. The second-order valence-corrected chi connectivity index (χ2v) is 10.8. The van der Waals surface area contributed by atoms with Crippen LogP contribution < -0.4 is 29.1 Å². The van der Waals surface area contributed by atoms with E-state index >= 15 is 0 Å². The van der Waals surface area contributed by atoms with Crippen molar-refractivity contribution < 1.29 is 23.7 Å². The average molecular weight is 624 g/mol. The summed E-state index contributed by atoms with van der Waals surface area (Å²) in [5.74, 6) is 1.17. The summed E-state index contributed by atoms with van der Waals surface area (Å²) in [6.07, 6.45) is 1.76. The van der Waals surface area contributed by atoms with Gasteiger partial charge < -0.3 is 18.9 Å². The van der Waals surface area contributed by atoms with E-state index in [4.69, 9.17) is 23.9 Å². The Morgan fingerprint density at radius 2 is 1.77 bits per heavy atom. The molecule has 4 aromatic rings. The Balaban J connectivity index is 1.84. The summed E-state index contributed by atoms with van der Waals surface area (Å²) in [6, 6.07) is 14.4. The molecule has 0 fully saturated rings. The molecule has 1 aliphatic heterocycles. The third kappa shape index (κ3) is 4.71. The Bertz CT molecular complexity index is 1860. The van der Waals surface area contributed by atoms with Gasteiger partial charge in [-0.3, -0.25) is 9.36 Å². The number of aromatic nitrogens is 1. The van der Waals surface area contributed by atoms with Gasteiger partial charge in [-0.2, -0.15) is 0 Å². The molecular formula is C30H27BrN2O6S. The summed E-state index contributed by atoms with van der Waals surface area (Å²) in [7, 11) is 4.71. The lowest BCUT2D eigenvalue weighted by atomic mass is 9.90. The zero-order valence-corrected chi connectivity index (χ0v) is 25.0. The van der Waals surface area contributed by atoms with Crippen LogP contribution in [0.1, 0.15) is 31.0 Å². The average Bonchev–Trinajstić information content (AvgIpc) is 3.25. The highest BCUT2D eigenvalue weighted by molar-refractivity contribution is 9.10. The second kappa shape index (κ2) is 11.3. The molecule has 206 valence electrons. The maximum Gasteiger partial charge on any atom is 0.338 e. The minimum Gasteiger partial charge on any atom is -0.496 e. The van der Waals surface area contributed by atoms with E-state index in [0.29, 0.717) is 53.5 Å². The smallest absolute Gasteiger partial charge is 0.338 e. The fraction of sp³-hybridized carbons (Fsp3) is 0.233. The molecule has 1 unspecified atom stereocenters. The predicted molar refractivity (Wildman–Crippen MR) is 158 cm³/mol. The zero-order valence-electron chi connectivity index (χ0n) is 22.6. The first-order chi connectivity index (χ1) is 19.3. The summed E-state index contributed by atoms with van der Waals surface area (Å²) >= 11 is 4.75. The van der Waals surface area contributed by atoms with Crippen molar-refractivity contribution in [3.05, 3.63) is 95.1 Å². The molecule has 40 heavy (non-hydrogen) atoms. The van der Waals surface area contributed by atoms with Gasteiger partial charge >= 0.3 is 5.97 Å². The van der Waals surface area contributed by atoms with Crippen LogP contribution in [-0.2, 0) is 9.53 Å². The van der Waals surface area contributed by atoms with Gasteiger partial charge in [-0.15, -0.1) is 0 Å². The number of carbonyl (C=O) groups excluding carboxylic acids is 1. The van der Waals surface area contributed by atoms with E-state index in [9.17, 15) is 9.59 Å². The first-order valence-corrected chi connectivity index (χ1v) is 14.1. The molecule has 2 heterocycles. The Kier molecular flexibility index (Phi) is 7.82. The van der Waals surface area contributed by atoms with E-state index in [1.54, 1.807) is 51.9 Å². The molecule has 0 saturated heterocycles. The van der Waals surface area contributed by atoms with Gasteiger partial charge in [0.15, 0.2) is 4.80 Å². The molecule has 0 N–H and O–H groups in total. The van der Waals surface area contributed by atoms with Crippen molar-refractivity contribution in [2.24, 2.45) is 4.99 Å². The molecule has 5 rings (SSSR count). The molecule has 0 bridgehead atoms. The van der Waals surface area contributed by atoms with Crippen molar-refractivity contribution in [1.82, 2.24) is 4.57 Å². The molecule has 0 amide bonds. The van der Waals surface area contributed by atoms with E-state index in [1.165, 1.54) is 11.3 Å². The maximum absolute atomic E-state index is 14.2. The van der Waals surface area contributed by atoms with E-state index in [-0.39, 0.29) is 12.2 Å². The summed E-state index contributed by atoms with van der Waals surface area (Å²) in [4.78, 5) is 32.7. The molecule has 10 heteroatoms. The van der Waals surface area contributed by atoms with Gasteiger partial charge in [0.05, 0.1) is 48.2 Å². The van der Waals surface area contributed by atoms with Crippen molar-refractivity contribution in [3.8, 4) is 17.2 Å². The number of benzene rings is 3. The number of allylic oxidation sites excluding steroid dienone is 1. The van der Waals surface area contributed by atoms with Gasteiger partial charge in [0, 0.05) is 17.2 Å². The monoisotopic (exact) mass is 622 g/mol. The highest BCUT2D eigenvalue weighted by atomic mass is 79.9. The van der Waals surface area contributed by atoms with Crippen LogP contribution in [0.2, 0.25) is 0 Å². The normalized spacial score (nSPS) is 15.1. The van der Waals surface area contributed by atoms with Crippen LogP contribution in [0.25, 0.3) is 16.8 Å². The van der Waals surface area contributed by atoms with Crippen molar-refractivity contribution in [3.63, 3.8) is 0 Å². The topological polar surface area (TPSA) is 88.4 Å². The number of methoxy groups -OCH3 is 3. The minimum atomic E-state index is -0.817. The lowest BCUT2D eigenvalue weighted by Crippen LogP contribution is -2.40. The standard InChI is InChI=1S/C30H27BrN2O6S/c1-6-39-29(35)25-16(2)32-30-33(27(25)26-19-10-8-7-9-17(19)11-12-21(26)36-3)28(34)24(40-30)14-18-13-20(31)23(38-5)15-22(18)37-4/h7-15,27H,6H2,1-5H3/b24-14-. The Morgan fingerprint density at radius 1 is 1.05 bits per heavy atom. The predicted octanol–water partition coefficient (Wildman–Crippen LogP) is 4.74. The molecule has 1 aliphatic rings. The SMILES string of the molecule is CCOC(=O)C1=C(C)N=c2s/c(=C\c3cc(Br)c(OC)cc3OC)c(=O)n2C1c1c(OC)ccc2ccccc12. The number of rotatable bonds is 7. The fourth-order valence-corrected chi connectivity index (χ4v) is 6.50. The first kappa shape index (κ1) is 27.7. The van der Waals surface area contributed by atoms with Gasteiger partial charge in [0.1, 0.15) is 23.3 Å². The van der Waals surface area contributed by atoms with Crippen LogP contribution in [0.4, 0.5) is 0 Å². The number of thiazole rings is 1. The molecule has 1 aromatic heterocycles. The second-order valence-electron chi connectivity index (χ2n) is 8.93. The van der Waals surface area contributed by atoms with E-state index < -0.39 is 12.0 Å². The Hall–Kier alpha value is -3.89. The molecule has 0 saturated carbocycles. The molecule has 1 atom stereocenters. The number of hydrogen-bond acceptors (Lipinski definition) is 8. The lowest BCUT2D eigenvalue weighted by molar-refractivity contribution is -0.139. The molecule has 0 spiro atoms. The maximum atomic E-state index is 14.2. The van der Waals surface area contributed by atoms with Crippen molar-refractivity contribution >= 4 is 50.1 Å². The molecule has 0 aliphatic carbocycles. The summed E-state index contributed by atoms with van der Waals surface area (Å²) in [6.45, 7) is 3.69. The Morgan fingerprint density at radius 3 is 2.48 bits per heavy atom. The van der Waals surface area contributed by atoms with Gasteiger partial charge in [-0.05, 0) is 58.8 Å². The number of ether oxygens (including phenoxy) is 4. The summed E-state index contributed by atoms with van der Waals surface area (Å²) in [5, 5.41) is 1.81. The number of esters is 1. The van der Waals surface area contributed by atoms with Crippen LogP contribution in [-0.4, -0.2) is 38.5 Å². The highest BCUT2D eigenvalue weighted by Crippen LogP contribution is 2.40. The number of nitrogens with zero attached hydrogens (tertiary/aromatic N) is 2. The van der Waals surface area contributed by atoms with Gasteiger partial charge in [-0.1, -0.05) is 41.7 Å². The van der Waals surface area contributed by atoms with Crippen molar-refractivity contribution in [1.29, 1.82) is 0 Å². The number of hydrogen-bond donors (Lipinski definition) is 0. The summed E-state index contributed by atoms with van der Waals surface area (Å²) < 4.78 is 24.9. The molecular weight excluding hydrogens is 596 g/mol. The fourth-order valence-electron chi connectivity index (χ4n) is 4.94. The molecule has 3 aromatic carbocycles. The first-order valence-electron chi connectivity index (χ1n) is 12.5. The zero-order chi connectivity index (χ0) is 28.6. The van der Waals surface area contributed by atoms with E-state index in [1.807, 2.05) is 42.5 Å². The number of fused-ring (bicyclic) bond motifs is 2. The Labute approximate surface area is 242 Å². The van der Waals surface area contributed by atoms with Crippen molar-refractivity contribution in [2.45, 2.75) is 19.9 Å². The van der Waals surface area contributed by atoms with Gasteiger partial charge in [0.25, 0.3) is 5.56 Å². The summed E-state index contributed by atoms with van der Waals surface area (Å²) in [5.41, 5.74) is 1.85. The van der Waals surface area contributed by atoms with Crippen molar-refractivity contribution in [2.75, 3.05) is 27.9 Å². The van der Waals surface area contributed by atoms with E-state index in [2.05, 4.69) is 15.9 Å². The quantitative estimate of drug-likeness (QED) is 0.277. The number of halogens is 1. The third-order valence-corrected chi connectivity index (χ3v) is 8.33. The largest absolute Gasteiger partial charge is 0.496 e. The minimum absolute atomic E-state index is 0.186. The molecule has 0 radical (unpaired) electrons. The van der Waals surface area contributed by atoms with Gasteiger partial charge in [0.2, 0.25) is 0 Å². The highest BCUT2D eigenvalue weighted by Gasteiger charge is 2.36. The van der Waals surface area contributed by atoms with Gasteiger partial charge in [-0.25, -0.2) is 9.79 Å². The molecule has 8 nitrogen and oxygen atoms in total. The number of carbonyl (C=O) groups is 1. The third-order valence-electron chi connectivity index (χ3n) is 6.73. The van der Waals surface area contributed by atoms with E-state index in [0.717, 1.165) is 10.8 Å². The van der Waals surface area contributed by atoms with Crippen LogP contribution >= 0.6 is 27.3 Å². The van der Waals surface area contributed by atoms with Crippen LogP contribution in [0.3, 0.4) is 0 Å². The van der Waals surface area contributed by atoms with Crippen LogP contribution in [0.15, 0.2) is 74.1 Å². The van der Waals surface area contributed by atoms with Crippen LogP contribution in [0.5, 0.6) is 17.2 Å².